The summed E-state index contributed by atoms with van der Waals surface area (Å²) in [6.45, 7) is 1.83. The summed E-state index contributed by atoms with van der Waals surface area (Å²) in [6, 6.07) is 7.43. The number of ether oxygens (including phenoxy) is 1. The van der Waals surface area contributed by atoms with Gasteiger partial charge in [-0.15, -0.1) is 0 Å². The first-order valence-electron chi connectivity index (χ1n) is 6.89. The van der Waals surface area contributed by atoms with Crippen LogP contribution in [-0.2, 0) is 15.5 Å². The largest absolute Gasteiger partial charge is 0.455 e. The molecule has 2 aromatic rings. The number of nitrogens with zero attached hydrogens (tertiary/aromatic N) is 1. The first kappa shape index (κ1) is 18.7. The molecule has 0 fully saturated rings. The fraction of sp³-hybridized carbons (Fsp3) is 0.200. The van der Waals surface area contributed by atoms with Crippen molar-refractivity contribution in [3.63, 3.8) is 0 Å². The summed E-state index contributed by atoms with van der Waals surface area (Å²) in [4.78, 5) is 10.6. The lowest BCUT2D eigenvalue weighted by Gasteiger charge is -2.13. The predicted molar refractivity (Wildman–Crippen MR) is 94.7 cm³/mol. The highest BCUT2D eigenvalue weighted by Gasteiger charge is 2.23. The van der Waals surface area contributed by atoms with Crippen LogP contribution in [0.3, 0.4) is 0 Å². The van der Waals surface area contributed by atoms with E-state index in [0.29, 0.717) is 33.5 Å². The molecule has 0 aromatic heterocycles. The molecule has 0 saturated carbocycles. The van der Waals surface area contributed by atoms with Crippen molar-refractivity contribution in [2.45, 2.75) is 13.3 Å². The molecule has 0 radical (unpaired) electrons. The standard InChI is InChI=1S/C15H14Cl2NO5P/c1-3-9-6-12(18(19)20)15(24(21)22-2)8-14(9)23-13-5-4-10(16)7-11(13)17/h4-8,24H,3H2,1-2H3. The first-order valence-corrected chi connectivity index (χ1v) is 8.97. The lowest BCUT2D eigenvalue weighted by atomic mass is 10.1. The van der Waals surface area contributed by atoms with E-state index in [9.17, 15) is 14.7 Å². The Morgan fingerprint density at radius 2 is 1.92 bits per heavy atom. The second-order valence-corrected chi connectivity index (χ2v) is 7.12. The summed E-state index contributed by atoms with van der Waals surface area (Å²) in [5.41, 5.74) is 0.328. The van der Waals surface area contributed by atoms with Crippen molar-refractivity contribution in [1.82, 2.24) is 0 Å². The third kappa shape index (κ3) is 4.08. The van der Waals surface area contributed by atoms with Crippen molar-refractivity contribution >= 4 is 42.2 Å². The summed E-state index contributed by atoms with van der Waals surface area (Å²) >= 11 is 11.9. The maximum absolute atomic E-state index is 12.0. The smallest absolute Gasteiger partial charge is 0.282 e. The summed E-state index contributed by atoms with van der Waals surface area (Å²) in [6.07, 6.45) is 0.482. The fourth-order valence-electron chi connectivity index (χ4n) is 2.08. The van der Waals surface area contributed by atoms with Crippen LogP contribution in [0.1, 0.15) is 12.5 Å². The summed E-state index contributed by atoms with van der Waals surface area (Å²) in [7, 11) is -1.53. The van der Waals surface area contributed by atoms with Gasteiger partial charge < -0.3 is 9.26 Å². The maximum Gasteiger partial charge on any atom is 0.282 e. The third-order valence-corrected chi connectivity index (χ3v) is 5.02. The van der Waals surface area contributed by atoms with Gasteiger partial charge in [-0.25, -0.2) is 0 Å². The van der Waals surface area contributed by atoms with Crippen LogP contribution in [0.5, 0.6) is 11.5 Å². The quantitative estimate of drug-likeness (QED) is 0.394. The van der Waals surface area contributed by atoms with Gasteiger partial charge in [0.25, 0.3) is 5.69 Å². The van der Waals surface area contributed by atoms with Crippen LogP contribution in [0.25, 0.3) is 0 Å². The van der Waals surface area contributed by atoms with E-state index in [0.717, 1.165) is 0 Å². The highest BCUT2D eigenvalue weighted by atomic mass is 35.5. The van der Waals surface area contributed by atoms with Crippen LogP contribution in [0.4, 0.5) is 5.69 Å². The lowest BCUT2D eigenvalue weighted by molar-refractivity contribution is -0.383. The van der Waals surface area contributed by atoms with Crippen LogP contribution in [0.15, 0.2) is 30.3 Å². The summed E-state index contributed by atoms with van der Waals surface area (Å²) < 4.78 is 22.6. The second kappa shape index (κ2) is 7.99. The van der Waals surface area contributed by atoms with Gasteiger partial charge in [0, 0.05) is 29.8 Å². The zero-order chi connectivity index (χ0) is 17.9. The molecular formula is C15H14Cl2NO5P. The zero-order valence-electron chi connectivity index (χ0n) is 12.8. The Bertz CT molecular complexity index is 813. The molecule has 0 heterocycles. The van der Waals surface area contributed by atoms with Crippen LogP contribution >= 0.6 is 31.2 Å². The topological polar surface area (TPSA) is 78.7 Å². The van der Waals surface area contributed by atoms with Crippen molar-refractivity contribution in [1.29, 1.82) is 0 Å². The van der Waals surface area contributed by atoms with Gasteiger partial charge in [-0.3, -0.25) is 14.7 Å². The molecule has 0 aliphatic rings. The van der Waals surface area contributed by atoms with E-state index in [1.165, 1.54) is 25.3 Å². The van der Waals surface area contributed by atoms with Gasteiger partial charge in [0.15, 0.2) is 0 Å². The molecule has 1 atom stereocenters. The second-order valence-electron chi connectivity index (χ2n) is 4.76. The van der Waals surface area contributed by atoms with Crippen molar-refractivity contribution in [3.05, 3.63) is 56.1 Å². The van der Waals surface area contributed by atoms with E-state index < -0.39 is 13.0 Å². The van der Waals surface area contributed by atoms with E-state index in [2.05, 4.69) is 0 Å². The molecule has 0 bridgehead atoms. The molecule has 0 spiro atoms. The molecule has 24 heavy (non-hydrogen) atoms. The molecule has 6 nitrogen and oxygen atoms in total. The Hall–Kier alpha value is -1.59. The Balaban J connectivity index is 2.56. The molecule has 0 N–H and O–H groups in total. The summed E-state index contributed by atoms with van der Waals surface area (Å²) in [5.74, 6) is 0.672. The number of halogens is 2. The third-order valence-electron chi connectivity index (χ3n) is 3.28. The predicted octanol–water partition coefficient (Wildman–Crippen LogP) is 5.00. The average Bonchev–Trinajstić information content (AvgIpc) is 2.55. The van der Waals surface area contributed by atoms with E-state index in [-0.39, 0.29) is 11.0 Å². The molecule has 0 saturated heterocycles. The zero-order valence-corrected chi connectivity index (χ0v) is 15.4. The van der Waals surface area contributed by atoms with Gasteiger partial charge in [-0.1, -0.05) is 30.1 Å². The van der Waals surface area contributed by atoms with Gasteiger partial charge in [0.2, 0.25) is 8.03 Å². The number of hydrogen-bond acceptors (Lipinski definition) is 5. The van der Waals surface area contributed by atoms with E-state index in [4.69, 9.17) is 32.5 Å². The molecule has 2 rings (SSSR count). The van der Waals surface area contributed by atoms with Gasteiger partial charge in [-0.05, 0) is 24.6 Å². The van der Waals surface area contributed by atoms with Crippen molar-refractivity contribution in [3.8, 4) is 11.5 Å². The lowest BCUT2D eigenvalue weighted by Crippen LogP contribution is -2.08. The van der Waals surface area contributed by atoms with Crippen LogP contribution in [0, 0.1) is 10.1 Å². The fourth-order valence-corrected chi connectivity index (χ4v) is 3.37. The van der Waals surface area contributed by atoms with Crippen LogP contribution in [-0.4, -0.2) is 12.0 Å². The highest BCUT2D eigenvalue weighted by Crippen LogP contribution is 2.37. The first-order chi connectivity index (χ1) is 11.4. The highest BCUT2D eigenvalue weighted by molar-refractivity contribution is 7.48. The number of nitro benzene ring substituents is 1. The molecule has 1 unspecified atom stereocenters. The normalized spacial score (nSPS) is 12.0. The molecule has 0 amide bonds. The van der Waals surface area contributed by atoms with E-state index in [1.54, 1.807) is 12.1 Å². The van der Waals surface area contributed by atoms with Gasteiger partial charge in [-0.2, -0.15) is 0 Å². The molecule has 0 aliphatic heterocycles. The van der Waals surface area contributed by atoms with Crippen molar-refractivity contribution in [2.24, 2.45) is 0 Å². The monoisotopic (exact) mass is 389 g/mol. The molecule has 128 valence electrons. The minimum absolute atomic E-state index is 0.00946. The summed E-state index contributed by atoms with van der Waals surface area (Å²) in [5, 5.41) is 12.0. The van der Waals surface area contributed by atoms with Gasteiger partial charge >= 0.3 is 0 Å². The maximum atomic E-state index is 12.0. The number of nitro groups is 1. The molecule has 0 aliphatic carbocycles. The molecular weight excluding hydrogens is 376 g/mol. The number of rotatable bonds is 6. The van der Waals surface area contributed by atoms with E-state index in [1.807, 2.05) is 6.92 Å². The van der Waals surface area contributed by atoms with Crippen molar-refractivity contribution < 1.29 is 18.7 Å². The minimum Gasteiger partial charge on any atom is -0.455 e. The SMILES string of the molecule is CCc1cc([N+](=O)[O-])c([PH](=O)OC)cc1Oc1ccc(Cl)cc1Cl. The minimum atomic E-state index is -2.76. The Kier molecular flexibility index (Phi) is 6.24. The molecule has 2 aromatic carbocycles. The van der Waals surface area contributed by atoms with Gasteiger partial charge in [0.05, 0.1) is 9.95 Å². The number of aryl methyl sites for hydroxylation is 1. The average molecular weight is 390 g/mol. The Labute approximate surface area is 149 Å². The number of hydrogen-bond donors (Lipinski definition) is 0. The van der Waals surface area contributed by atoms with E-state index >= 15 is 0 Å². The number of benzene rings is 2. The molecule has 9 heteroatoms. The van der Waals surface area contributed by atoms with Crippen LogP contribution in [0.2, 0.25) is 10.0 Å². The Morgan fingerprint density at radius 3 is 2.46 bits per heavy atom. The van der Waals surface area contributed by atoms with Crippen LogP contribution < -0.4 is 10.0 Å². The van der Waals surface area contributed by atoms with Crippen molar-refractivity contribution in [2.75, 3.05) is 7.11 Å². The Morgan fingerprint density at radius 1 is 1.21 bits per heavy atom. The van der Waals surface area contributed by atoms with Gasteiger partial charge in [0.1, 0.15) is 16.8 Å².